The third kappa shape index (κ3) is 2.31. The molecule has 0 unspecified atom stereocenters. The van der Waals surface area contributed by atoms with Crippen LogP contribution in [-0.4, -0.2) is 45.8 Å². The second kappa shape index (κ2) is 5.44. The minimum atomic E-state index is -0.116. The second-order valence-corrected chi connectivity index (χ2v) is 4.87. The van der Waals surface area contributed by atoms with E-state index < -0.39 is 0 Å². The Labute approximate surface area is 116 Å². The quantitative estimate of drug-likeness (QED) is 0.845. The third-order valence-electron chi connectivity index (χ3n) is 3.57. The van der Waals surface area contributed by atoms with Crippen LogP contribution in [-0.2, 0) is 9.53 Å². The molecule has 0 spiro atoms. The van der Waals surface area contributed by atoms with E-state index in [1.165, 1.54) is 6.33 Å². The fourth-order valence-corrected chi connectivity index (χ4v) is 2.63. The van der Waals surface area contributed by atoms with Crippen molar-refractivity contribution in [3.63, 3.8) is 0 Å². The van der Waals surface area contributed by atoms with Gasteiger partial charge >= 0.3 is 5.97 Å². The molecule has 1 saturated heterocycles. The number of aromatic amines is 1. The summed E-state index contributed by atoms with van der Waals surface area (Å²) in [7, 11) is 0. The highest BCUT2D eigenvalue weighted by Crippen LogP contribution is 2.26. The van der Waals surface area contributed by atoms with Gasteiger partial charge in [0.1, 0.15) is 12.1 Å². The summed E-state index contributed by atoms with van der Waals surface area (Å²) in [6, 6.07) is 0. The van der Waals surface area contributed by atoms with Gasteiger partial charge in [-0.1, -0.05) is 0 Å². The van der Waals surface area contributed by atoms with Gasteiger partial charge < -0.3 is 9.64 Å². The fraction of sp³-hybridized carbons (Fsp3) is 0.538. The van der Waals surface area contributed by atoms with Gasteiger partial charge in [0.05, 0.1) is 24.1 Å². The summed E-state index contributed by atoms with van der Waals surface area (Å²) in [5.74, 6) is 0.632. The van der Waals surface area contributed by atoms with Crippen LogP contribution in [0.15, 0.2) is 12.5 Å². The van der Waals surface area contributed by atoms with Gasteiger partial charge in [-0.25, -0.2) is 9.97 Å². The Bertz CT molecular complexity index is 612. The smallest absolute Gasteiger partial charge is 0.310 e. The minimum Gasteiger partial charge on any atom is -0.466 e. The van der Waals surface area contributed by atoms with Crippen molar-refractivity contribution in [3.05, 3.63) is 12.5 Å². The molecule has 2 aromatic heterocycles. The number of hydrogen-bond donors (Lipinski definition) is 1. The molecular weight excluding hydrogens is 258 g/mol. The normalized spacial score (nSPS) is 19.2. The lowest BCUT2D eigenvalue weighted by Gasteiger charge is -2.32. The van der Waals surface area contributed by atoms with Crippen molar-refractivity contribution >= 4 is 22.8 Å². The molecule has 0 radical (unpaired) electrons. The number of nitrogens with one attached hydrogen (secondary N) is 1. The summed E-state index contributed by atoms with van der Waals surface area (Å²) < 4.78 is 5.12. The number of piperidine rings is 1. The molecule has 3 rings (SSSR count). The van der Waals surface area contributed by atoms with Crippen molar-refractivity contribution in [2.45, 2.75) is 19.8 Å². The number of H-pyrrole nitrogens is 1. The van der Waals surface area contributed by atoms with E-state index in [4.69, 9.17) is 4.74 Å². The number of hydrogen-bond acceptors (Lipinski definition) is 6. The zero-order valence-electron chi connectivity index (χ0n) is 11.4. The Kier molecular flexibility index (Phi) is 3.49. The molecule has 0 aromatic carbocycles. The van der Waals surface area contributed by atoms with Crippen LogP contribution in [0.1, 0.15) is 19.8 Å². The lowest BCUT2D eigenvalue weighted by Crippen LogP contribution is -2.40. The van der Waals surface area contributed by atoms with Crippen molar-refractivity contribution in [3.8, 4) is 0 Å². The fourth-order valence-electron chi connectivity index (χ4n) is 2.63. The molecule has 7 heteroatoms. The lowest BCUT2D eigenvalue weighted by molar-refractivity contribution is -0.148. The van der Waals surface area contributed by atoms with E-state index in [2.05, 4.69) is 25.1 Å². The van der Waals surface area contributed by atoms with Crippen LogP contribution in [0.5, 0.6) is 0 Å². The van der Waals surface area contributed by atoms with Gasteiger partial charge in [-0.15, -0.1) is 0 Å². The first-order valence-electron chi connectivity index (χ1n) is 6.85. The van der Waals surface area contributed by atoms with Crippen molar-refractivity contribution < 1.29 is 9.53 Å². The molecule has 3 heterocycles. The number of carbonyl (C=O) groups excluding carboxylic acids is 1. The molecule has 0 saturated carbocycles. The van der Waals surface area contributed by atoms with Crippen LogP contribution in [0.25, 0.3) is 11.0 Å². The molecule has 20 heavy (non-hydrogen) atoms. The topological polar surface area (TPSA) is 84.0 Å². The van der Waals surface area contributed by atoms with Crippen molar-refractivity contribution in [1.29, 1.82) is 0 Å². The number of fused-ring (bicyclic) bond motifs is 1. The number of anilines is 1. The van der Waals surface area contributed by atoms with Crippen LogP contribution in [0, 0.1) is 5.92 Å². The molecule has 1 aliphatic heterocycles. The van der Waals surface area contributed by atoms with Crippen LogP contribution in [0.4, 0.5) is 5.82 Å². The molecule has 7 nitrogen and oxygen atoms in total. The maximum atomic E-state index is 11.9. The molecule has 1 aliphatic rings. The van der Waals surface area contributed by atoms with E-state index in [9.17, 15) is 4.79 Å². The number of esters is 1. The standard InChI is InChI=1S/C13H17N5O2/c1-2-20-13(19)9-4-3-5-18(7-9)12-10-6-16-17-11(10)14-8-15-12/h6,8-9H,2-5,7H2,1H3,(H,14,15,16,17)/t9-/m0/s1. The minimum absolute atomic E-state index is 0.0828. The summed E-state index contributed by atoms with van der Waals surface area (Å²) >= 11 is 0. The van der Waals surface area contributed by atoms with Crippen LogP contribution in [0.3, 0.4) is 0 Å². The molecular formula is C13H17N5O2. The molecule has 2 aromatic rings. The molecule has 0 amide bonds. The first-order chi connectivity index (χ1) is 9.79. The highest BCUT2D eigenvalue weighted by atomic mass is 16.5. The summed E-state index contributed by atoms with van der Waals surface area (Å²) in [6.45, 7) is 3.77. The zero-order valence-corrected chi connectivity index (χ0v) is 11.4. The van der Waals surface area contributed by atoms with Gasteiger partial charge in [0, 0.05) is 13.1 Å². The predicted octanol–water partition coefficient (Wildman–Crippen LogP) is 1.13. The van der Waals surface area contributed by atoms with E-state index in [0.717, 1.165) is 30.6 Å². The van der Waals surface area contributed by atoms with Gasteiger partial charge in [-0.05, 0) is 19.8 Å². The number of carbonyl (C=O) groups is 1. The summed E-state index contributed by atoms with van der Waals surface area (Å²) in [4.78, 5) is 22.5. The molecule has 1 atom stereocenters. The molecule has 0 bridgehead atoms. The van der Waals surface area contributed by atoms with Crippen molar-refractivity contribution in [2.75, 3.05) is 24.6 Å². The van der Waals surface area contributed by atoms with Gasteiger partial charge in [-0.3, -0.25) is 9.89 Å². The Morgan fingerprint density at radius 1 is 1.55 bits per heavy atom. The maximum Gasteiger partial charge on any atom is 0.310 e. The van der Waals surface area contributed by atoms with Gasteiger partial charge in [0.15, 0.2) is 5.65 Å². The predicted molar refractivity (Wildman–Crippen MR) is 73.3 cm³/mol. The summed E-state index contributed by atoms with van der Waals surface area (Å²) in [5, 5.41) is 7.71. The Hall–Kier alpha value is -2.18. The molecule has 106 valence electrons. The van der Waals surface area contributed by atoms with E-state index in [1.807, 2.05) is 6.92 Å². The number of nitrogens with zero attached hydrogens (tertiary/aromatic N) is 4. The lowest BCUT2D eigenvalue weighted by atomic mass is 9.98. The molecule has 1 fully saturated rings. The third-order valence-corrected chi connectivity index (χ3v) is 3.57. The van der Waals surface area contributed by atoms with E-state index >= 15 is 0 Å². The van der Waals surface area contributed by atoms with Gasteiger partial charge in [0.2, 0.25) is 0 Å². The molecule has 0 aliphatic carbocycles. The van der Waals surface area contributed by atoms with Crippen LogP contribution in [0.2, 0.25) is 0 Å². The Morgan fingerprint density at radius 2 is 2.45 bits per heavy atom. The van der Waals surface area contributed by atoms with Crippen molar-refractivity contribution in [1.82, 2.24) is 20.2 Å². The van der Waals surface area contributed by atoms with Crippen molar-refractivity contribution in [2.24, 2.45) is 5.92 Å². The maximum absolute atomic E-state index is 11.9. The highest BCUT2D eigenvalue weighted by Gasteiger charge is 2.28. The van der Waals surface area contributed by atoms with E-state index in [-0.39, 0.29) is 11.9 Å². The van der Waals surface area contributed by atoms with E-state index in [0.29, 0.717) is 18.8 Å². The largest absolute Gasteiger partial charge is 0.466 e. The first kappa shape index (κ1) is 12.8. The Balaban J connectivity index is 1.83. The highest BCUT2D eigenvalue weighted by molar-refractivity contribution is 5.86. The SMILES string of the molecule is CCOC(=O)[C@H]1CCCN(c2ncnc3[nH]ncc23)C1. The average molecular weight is 275 g/mol. The average Bonchev–Trinajstić information content (AvgIpc) is 2.96. The van der Waals surface area contributed by atoms with Gasteiger partial charge in [0.25, 0.3) is 0 Å². The van der Waals surface area contributed by atoms with Gasteiger partial charge in [-0.2, -0.15) is 5.10 Å². The zero-order chi connectivity index (χ0) is 13.9. The molecule has 1 N–H and O–H groups in total. The summed E-state index contributed by atoms with van der Waals surface area (Å²) in [6.07, 6.45) is 5.06. The van der Waals surface area contributed by atoms with Crippen LogP contribution < -0.4 is 4.90 Å². The second-order valence-electron chi connectivity index (χ2n) is 4.87. The number of rotatable bonds is 3. The number of aromatic nitrogens is 4. The monoisotopic (exact) mass is 275 g/mol. The Morgan fingerprint density at radius 3 is 3.30 bits per heavy atom. The number of ether oxygens (including phenoxy) is 1. The van der Waals surface area contributed by atoms with Crippen LogP contribution >= 0.6 is 0 Å². The summed E-state index contributed by atoms with van der Waals surface area (Å²) in [5.41, 5.74) is 0.716. The first-order valence-corrected chi connectivity index (χ1v) is 6.85. The van der Waals surface area contributed by atoms with E-state index in [1.54, 1.807) is 6.20 Å².